The second-order valence-electron chi connectivity index (χ2n) is 7.15. The Balaban J connectivity index is 1.40. The number of piperazine rings is 1. The summed E-state index contributed by atoms with van der Waals surface area (Å²) in [5.74, 6) is 0.330. The first kappa shape index (κ1) is 19.2. The van der Waals surface area contributed by atoms with E-state index in [4.69, 9.17) is 16.4 Å². The highest BCUT2D eigenvalue weighted by Crippen LogP contribution is 2.30. The molecule has 0 radical (unpaired) electrons. The van der Waals surface area contributed by atoms with Gasteiger partial charge in [0, 0.05) is 30.1 Å². The molecule has 0 bridgehead atoms. The van der Waals surface area contributed by atoms with Crippen LogP contribution < -0.4 is 15.5 Å². The number of hydrogen-bond donors (Lipinski definition) is 2. The molecule has 1 atom stereocenters. The van der Waals surface area contributed by atoms with Crippen LogP contribution in [0.15, 0.2) is 47.8 Å². The molecule has 2 aliphatic rings. The van der Waals surface area contributed by atoms with Crippen LogP contribution in [-0.4, -0.2) is 47.7 Å². The van der Waals surface area contributed by atoms with Crippen molar-refractivity contribution >= 4 is 40.6 Å². The van der Waals surface area contributed by atoms with Crippen LogP contribution in [0.25, 0.3) is 0 Å². The van der Waals surface area contributed by atoms with Gasteiger partial charge in [0.1, 0.15) is 5.82 Å². The van der Waals surface area contributed by atoms with Crippen molar-refractivity contribution < 1.29 is 14.4 Å². The molecule has 2 aliphatic heterocycles. The van der Waals surface area contributed by atoms with Gasteiger partial charge in [0.05, 0.1) is 24.1 Å². The molecular weight excluding hydrogens is 394 g/mol. The second-order valence-corrected chi connectivity index (χ2v) is 7.55. The maximum Gasteiger partial charge on any atom is 0.271 e. The molecule has 1 fully saturated rings. The Morgan fingerprint density at radius 3 is 2.86 bits per heavy atom. The lowest BCUT2D eigenvalue weighted by Crippen LogP contribution is -2.48. The average Bonchev–Trinajstić information content (AvgIpc) is 3.12. The molecule has 2 N–H and O–H groups in total. The quantitative estimate of drug-likeness (QED) is 0.801. The van der Waals surface area contributed by atoms with E-state index in [-0.39, 0.29) is 18.4 Å². The van der Waals surface area contributed by atoms with Crippen LogP contribution in [0.5, 0.6) is 0 Å². The molecule has 1 aromatic carbocycles. The summed E-state index contributed by atoms with van der Waals surface area (Å²) >= 11 is 6.22. The fraction of sp³-hybridized carbons (Fsp3) is 0.300. The van der Waals surface area contributed by atoms with Gasteiger partial charge in [0.15, 0.2) is 0 Å². The summed E-state index contributed by atoms with van der Waals surface area (Å²) in [5, 5.41) is 10.2. The van der Waals surface area contributed by atoms with Crippen molar-refractivity contribution in [3.8, 4) is 0 Å². The van der Waals surface area contributed by atoms with Crippen molar-refractivity contribution in [3.63, 3.8) is 0 Å². The minimum absolute atomic E-state index is 0.0314. The first-order valence-corrected chi connectivity index (χ1v) is 9.61. The van der Waals surface area contributed by atoms with Gasteiger partial charge >= 0.3 is 0 Å². The summed E-state index contributed by atoms with van der Waals surface area (Å²) < 4.78 is 0. The number of anilines is 2. The summed E-state index contributed by atoms with van der Waals surface area (Å²) in [6.45, 7) is 3.23. The third kappa shape index (κ3) is 4.02. The number of oxime groups is 1. The van der Waals surface area contributed by atoms with E-state index in [0.29, 0.717) is 41.7 Å². The Labute approximate surface area is 172 Å². The first-order chi connectivity index (χ1) is 13.9. The number of carbonyl (C=O) groups is 2. The van der Waals surface area contributed by atoms with Gasteiger partial charge in [-0.1, -0.05) is 35.0 Å². The van der Waals surface area contributed by atoms with Crippen LogP contribution in [0.1, 0.15) is 18.9 Å². The molecule has 2 aromatic rings. The number of hydrogen-bond acceptors (Lipinski definition) is 6. The molecule has 29 heavy (non-hydrogen) atoms. The summed E-state index contributed by atoms with van der Waals surface area (Å²) in [4.78, 5) is 36.0. The van der Waals surface area contributed by atoms with Crippen molar-refractivity contribution in [2.24, 2.45) is 5.16 Å². The van der Waals surface area contributed by atoms with Gasteiger partial charge in [-0.3, -0.25) is 9.59 Å². The first-order valence-electron chi connectivity index (χ1n) is 9.24. The Morgan fingerprint density at radius 1 is 1.31 bits per heavy atom. The largest absolute Gasteiger partial charge is 0.379 e. The lowest BCUT2D eigenvalue weighted by Gasteiger charge is -2.27. The van der Waals surface area contributed by atoms with Crippen LogP contribution in [0.3, 0.4) is 0 Å². The van der Waals surface area contributed by atoms with E-state index in [0.717, 1.165) is 5.56 Å². The van der Waals surface area contributed by atoms with Crippen molar-refractivity contribution in [1.29, 1.82) is 0 Å². The fourth-order valence-corrected chi connectivity index (χ4v) is 3.49. The predicted octanol–water partition coefficient (Wildman–Crippen LogP) is 2.19. The number of nitrogens with one attached hydrogen (secondary N) is 2. The van der Waals surface area contributed by atoms with Gasteiger partial charge < -0.3 is 20.4 Å². The van der Waals surface area contributed by atoms with E-state index in [1.807, 2.05) is 23.1 Å². The highest BCUT2D eigenvalue weighted by Gasteiger charge is 2.42. The molecule has 0 aliphatic carbocycles. The van der Waals surface area contributed by atoms with Gasteiger partial charge in [-0.2, -0.15) is 0 Å². The van der Waals surface area contributed by atoms with E-state index in [1.54, 1.807) is 31.3 Å². The zero-order chi connectivity index (χ0) is 20.4. The van der Waals surface area contributed by atoms with Crippen LogP contribution in [0.4, 0.5) is 11.5 Å². The van der Waals surface area contributed by atoms with Crippen LogP contribution in [0, 0.1) is 0 Å². The van der Waals surface area contributed by atoms with Crippen molar-refractivity contribution in [2.75, 3.05) is 29.9 Å². The minimum Gasteiger partial charge on any atom is -0.379 e. The molecule has 4 rings (SSSR count). The van der Waals surface area contributed by atoms with Gasteiger partial charge in [-0.05, 0) is 25.1 Å². The number of pyridine rings is 1. The molecule has 150 valence electrons. The summed E-state index contributed by atoms with van der Waals surface area (Å²) in [7, 11) is 0. The normalized spacial score (nSPS) is 21.2. The van der Waals surface area contributed by atoms with E-state index in [2.05, 4.69) is 20.8 Å². The van der Waals surface area contributed by atoms with E-state index in [9.17, 15) is 9.59 Å². The number of amides is 2. The van der Waals surface area contributed by atoms with Gasteiger partial charge in [0.2, 0.25) is 11.5 Å². The Kier molecular flexibility index (Phi) is 5.10. The molecule has 1 aromatic heterocycles. The van der Waals surface area contributed by atoms with Crippen LogP contribution in [0.2, 0.25) is 5.02 Å². The molecule has 1 saturated heterocycles. The second kappa shape index (κ2) is 7.71. The number of aromatic nitrogens is 1. The monoisotopic (exact) mass is 413 g/mol. The van der Waals surface area contributed by atoms with Gasteiger partial charge in [-0.25, -0.2) is 4.98 Å². The number of benzene rings is 1. The fourth-order valence-electron chi connectivity index (χ4n) is 3.25. The molecule has 3 heterocycles. The molecule has 0 saturated carbocycles. The predicted molar refractivity (Wildman–Crippen MR) is 110 cm³/mol. The number of rotatable bonds is 4. The Morgan fingerprint density at radius 2 is 2.14 bits per heavy atom. The van der Waals surface area contributed by atoms with E-state index < -0.39 is 5.60 Å². The van der Waals surface area contributed by atoms with Crippen molar-refractivity contribution in [1.82, 2.24) is 10.3 Å². The third-order valence-electron chi connectivity index (χ3n) is 4.90. The average molecular weight is 414 g/mol. The maximum absolute atomic E-state index is 12.8. The summed E-state index contributed by atoms with van der Waals surface area (Å²) in [6, 6.07) is 10.8. The summed E-state index contributed by atoms with van der Waals surface area (Å²) in [5.41, 5.74) is 0.779. The molecule has 2 amide bonds. The summed E-state index contributed by atoms with van der Waals surface area (Å²) in [6.07, 6.45) is 1.87. The Hall–Kier alpha value is -3.13. The van der Waals surface area contributed by atoms with Gasteiger partial charge in [-0.15, -0.1) is 0 Å². The SMILES string of the molecule is C[C@@]1(C(=O)Nc2ccc(N3CCNC(=O)C3)nc2)CC(c2ccccc2Cl)=NO1. The van der Waals surface area contributed by atoms with Crippen LogP contribution in [-0.2, 0) is 14.4 Å². The van der Waals surface area contributed by atoms with Gasteiger partial charge in [0.25, 0.3) is 5.91 Å². The zero-order valence-electron chi connectivity index (χ0n) is 15.8. The molecule has 8 nitrogen and oxygen atoms in total. The molecule has 9 heteroatoms. The van der Waals surface area contributed by atoms with E-state index in [1.165, 1.54) is 0 Å². The van der Waals surface area contributed by atoms with E-state index >= 15 is 0 Å². The van der Waals surface area contributed by atoms with Crippen LogP contribution >= 0.6 is 11.6 Å². The molecular formula is C20H20ClN5O3. The third-order valence-corrected chi connectivity index (χ3v) is 5.22. The standard InChI is InChI=1S/C20H20ClN5O3/c1-20(10-16(25-29-20)14-4-2-3-5-15(14)21)19(28)24-13-6-7-17(23-11-13)26-9-8-22-18(27)12-26/h2-7,11H,8-10,12H2,1H3,(H,22,27)(H,24,28)/t20-/m0/s1. The molecule has 0 unspecified atom stereocenters. The van der Waals surface area contributed by atoms with Crippen molar-refractivity contribution in [3.05, 3.63) is 53.2 Å². The highest BCUT2D eigenvalue weighted by molar-refractivity contribution is 6.34. The van der Waals surface area contributed by atoms with Crippen molar-refractivity contribution in [2.45, 2.75) is 18.9 Å². The topological polar surface area (TPSA) is 95.9 Å². The number of halogens is 1. The lowest BCUT2D eigenvalue weighted by molar-refractivity contribution is -0.135. The number of nitrogens with zero attached hydrogens (tertiary/aromatic N) is 3. The molecule has 0 spiro atoms. The smallest absolute Gasteiger partial charge is 0.271 e. The maximum atomic E-state index is 12.8. The highest BCUT2D eigenvalue weighted by atomic mass is 35.5. The number of carbonyl (C=O) groups excluding carboxylic acids is 2. The minimum atomic E-state index is -1.14. The zero-order valence-corrected chi connectivity index (χ0v) is 16.6. The Bertz CT molecular complexity index is 978. The lowest BCUT2D eigenvalue weighted by atomic mass is 9.95.